The van der Waals surface area contributed by atoms with Gasteiger partial charge < -0.3 is 21.3 Å². The summed E-state index contributed by atoms with van der Waals surface area (Å²) in [7, 11) is 0. The summed E-state index contributed by atoms with van der Waals surface area (Å²) < 4.78 is 0. The Bertz CT molecular complexity index is 665. The number of hydrogen-bond acceptors (Lipinski definition) is 3. The number of allylic oxidation sites excluding steroid dienone is 1. The molecule has 1 aromatic rings. The van der Waals surface area contributed by atoms with E-state index in [1.54, 1.807) is 5.01 Å². The van der Waals surface area contributed by atoms with Crippen LogP contribution in [-0.2, 0) is 49.6 Å². The van der Waals surface area contributed by atoms with Crippen molar-refractivity contribution in [3.05, 3.63) is 60.6 Å². The fourth-order valence-electron chi connectivity index (χ4n) is 3.21. The van der Waals surface area contributed by atoms with Gasteiger partial charge in [-0.2, -0.15) is 27.2 Å². The molecule has 0 bridgehead atoms. The largest absolute Gasteiger partial charge is 0.404 e. The zero-order chi connectivity index (χ0) is 20.5. The molecule has 2 heterocycles. The van der Waals surface area contributed by atoms with Gasteiger partial charge in [0.15, 0.2) is 0 Å². The number of hydrogen-bond donors (Lipinski definition) is 1. The summed E-state index contributed by atoms with van der Waals surface area (Å²) >= 11 is 0. The van der Waals surface area contributed by atoms with Crippen molar-refractivity contribution in [2.75, 3.05) is 6.54 Å². The van der Waals surface area contributed by atoms with Crippen molar-refractivity contribution in [3.8, 4) is 0 Å². The Kier molecular flexibility index (Phi) is 14.0. The third kappa shape index (κ3) is 9.24. The Morgan fingerprint density at radius 3 is 2.50 bits per heavy atom. The van der Waals surface area contributed by atoms with E-state index < -0.39 is 6.04 Å². The molecule has 2 radical (unpaired) electrons. The number of rotatable bonds is 4. The normalized spacial score (nSPS) is 18.2. The van der Waals surface area contributed by atoms with Gasteiger partial charge in [-0.1, -0.05) is 43.3 Å². The van der Waals surface area contributed by atoms with Crippen LogP contribution in [-0.4, -0.2) is 34.4 Å². The quantitative estimate of drug-likeness (QED) is 0.635. The van der Waals surface area contributed by atoms with Crippen LogP contribution in [0.15, 0.2) is 42.6 Å². The van der Waals surface area contributed by atoms with Crippen molar-refractivity contribution in [3.63, 3.8) is 0 Å². The Labute approximate surface area is 202 Å². The van der Waals surface area contributed by atoms with Gasteiger partial charge in [0, 0.05) is 52.2 Å². The SMILES string of the molecule is C=C1CC[C@H](NC(=O)CCc2ccccc2)C(=O)N2[CH-]CCCN12.C[C-](C)C.[Co].[Co]. The fourth-order valence-corrected chi connectivity index (χ4v) is 3.21. The van der Waals surface area contributed by atoms with Crippen LogP contribution in [0.25, 0.3) is 0 Å². The number of benzene rings is 1. The number of nitrogens with zero attached hydrogens (tertiary/aromatic N) is 2. The van der Waals surface area contributed by atoms with Crippen LogP contribution in [0.5, 0.6) is 0 Å². The summed E-state index contributed by atoms with van der Waals surface area (Å²) in [4.78, 5) is 25.0. The summed E-state index contributed by atoms with van der Waals surface area (Å²) in [6.45, 7) is 13.1. The van der Waals surface area contributed by atoms with Crippen molar-refractivity contribution in [2.24, 2.45) is 0 Å². The summed E-state index contributed by atoms with van der Waals surface area (Å²) in [5.41, 5.74) is 2.07. The van der Waals surface area contributed by atoms with Crippen molar-refractivity contribution in [1.29, 1.82) is 0 Å². The molecular formula is C23H33Co2N3O2-2. The first-order valence-corrected chi connectivity index (χ1v) is 10.1. The Morgan fingerprint density at radius 2 is 1.87 bits per heavy atom. The van der Waals surface area contributed by atoms with E-state index >= 15 is 0 Å². The van der Waals surface area contributed by atoms with E-state index in [4.69, 9.17) is 0 Å². The van der Waals surface area contributed by atoms with Crippen LogP contribution >= 0.6 is 0 Å². The standard InChI is InChI=1S/C19H24N3O2.C4H9.2Co/c1-15-9-11-17(19(24)22-14-6-5-13-21(15)22)20-18(23)12-10-16-7-3-2-4-8-16;1-4(2)3;;/h2-4,7-8,14,17H,1,5-6,9-13H2,(H,20,23);1-3H3;;/q2*-1;;/t17-;;;/m0.../s1. The first kappa shape index (κ1) is 28.7. The molecule has 3 rings (SSSR count). The molecular weight excluding hydrogens is 468 g/mol. The number of carbonyl (C=O) groups excluding carboxylic acids is 2. The van der Waals surface area contributed by atoms with Gasteiger partial charge >= 0.3 is 0 Å². The van der Waals surface area contributed by atoms with E-state index in [0.29, 0.717) is 19.3 Å². The van der Waals surface area contributed by atoms with Gasteiger partial charge in [0.25, 0.3) is 0 Å². The number of amides is 2. The van der Waals surface area contributed by atoms with Gasteiger partial charge in [0.2, 0.25) is 11.8 Å². The monoisotopic (exact) mass is 501 g/mol. The maximum absolute atomic E-state index is 12.7. The molecule has 0 saturated carbocycles. The van der Waals surface area contributed by atoms with E-state index in [0.717, 1.165) is 37.1 Å². The molecule has 2 saturated heterocycles. The minimum Gasteiger partial charge on any atom is -0.404 e. The van der Waals surface area contributed by atoms with Crippen LogP contribution in [0, 0.1) is 12.5 Å². The maximum Gasteiger partial charge on any atom is 0.234 e. The minimum absolute atomic E-state index is 0. The third-order valence-corrected chi connectivity index (χ3v) is 4.57. The first-order valence-electron chi connectivity index (χ1n) is 10.1. The molecule has 0 spiro atoms. The molecule has 2 aliphatic heterocycles. The Hall–Kier alpha value is -1.29. The van der Waals surface area contributed by atoms with Crippen LogP contribution in [0.4, 0.5) is 0 Å². The van der Waals surface area contributed by atoms with Gasteiger partial charge in [0.05, 0.1) is 0 Å². The molecule has 5 nitrogen and oxygen atoms in total. The topological polar surface area (TPSA) is 52.7 Å². The van der Waals surface area contributed by atoms with E-state index in [2.05, 4.69) is 32.7 Å². The van der Waals surface area contributed by atoms with Crippen LogP contribution in [0.2, 0.25) is 0 Å². The summed E-state index contributed by atoms with van der Waals surface area (Å²) in [5, 5.41) is 6.51. The molecule has 1 aromatic carbocycles. The number of aryl methyl sites for hydroxylation is 1. The molecule has 2 aliphatic rings. The molecule has 0 aromatic heterocycles. The van der Waals surface area contributed by atoms with Crippen molar-refractivity contribution in [2.45, 2.75) is 65.3 Å². The second-order valence-electron chi connectivity index (χ2n) is 7.84. The van der Waals surface area contributed by atoms with Crippen LogP contribution in [0.1, 0.15) is 58.4 Å². The van der Waals surface area contributed by atoms with Crippen molar-refractivity contribution < 1.29 is 43.1 Å². The molecule has 0 unspecified atom stereocenters. The molecule has 30 heavy (non-hydrogen) atoms. The summed E-state index contributed by atoms with van der Waals surface area (Å²) in [6, 6.07) is 9.44. The molecule has 1 N–H and O–H groups in total. The van der Waals surface area contributed by atoms with Gasteiger partial charge in [-0.05, 0) is 24.8 Å². The minimum atomic E-state index is -0.468. The average molecular weight is 501 g/mol. The van der Waals surface area contributed by atoms with E-state index in [9.17, 15) is 9.59 Å². The molecule has 2 amide bonds. The van der Waals surface area contributed by atoms with Crippen molar-refractivity contribution in [1.82, 2.24) is 15.3 Å². The molecule has 172 valence electrons. The average Bonchev–Trinajstić information content (AvgIpc) is 2.79. The first-order chi connectivity index (χ1) is 13.4. The molecule has 0 aliphatic carbocycles. The number of carbonyl (C=O) groups is 2. The molecule has 2 fully saturated rings. The van der Waals surface area contributed by atoms with Gasteiger partial charge in [0.1, 0.15) is 6.04 Å². The zero-order valence-corrected chi connectivity index (χ0v) is 20.2. The van der Waals surface area contributed by atoms with E-state index in [-0.39, 0.29) is 45.4 Å². The molecule has 7 heteroatoms. The summed E-state index contributed by atoms with van der Waals surface area (Å²) in [6.07, 6.45) is 4.31. The Morgan fingerprint density at radius 1 is 1.23 bits per heavy atom. The second-order valence-corrected chi connectivity index (χ2v) is 7.84. The van der Waals surface area contributed by atoms with Gasteiger partial charge in [-0.25, -0.2) is 6.54 Å². The predicted molar refractivity (Wildman–Crippen MR) is 112 cm³/mol. The Balaban J connectivity index is 0.00000129. The fraction of sp³-hybridized carbons (Fsp3) is 0.478. The van der Waals surface area contributed by atoms with Crippen LogP contribution in [0.3, 0.4) is 0 Å². The van der Waals surface area contributed by atoms with E-state index in [1.165, 1.54) is 5.92 Å². The van der Waals surface area contributed by atoms with E-state index in [1.807, 2.05) is 41.9 Å². The van der Waals surface area contributed by atoms with Crippen molar-refractivity contribution >= 4 is 11.8 Å². The number of fused-ring (bicyclic) bond motifs is 1. The number of nitrogens with one attached hydrogen (secondary N) is 1. The van der Waals surface area contributed by atoms with Crippen LogP contribution < -0.4 is 5.32 Å². The predicted octanol–water partition coefficient (Wildman–Crippen LogP) is 4.03. The number of hydrazine groups is 1. The third-order valence-electron chi connectivity index (χ3n) is 4.57. The molecule has 1 atom stereocenters. The summed E-state index contributed by atoms with van der Waals surface area (Å²) in [5.74, 6) is 1.29. The van der Waals surface area contributed by atoms with Gasteiger partial charge in [-0.15, -0.1) is 0 Å². The maximum atomic E-state index is 12.7. The zero-order valence-electron chi connectivity index (χ0n) is 18.1. The van der Waals surface area contributed by atoms with Gasteiger partial charge in [-0.3, -0.25) is 9.59 Å². The second kappa shape index (κ2) is 14.7. The smallest absolute Gasteiger partial charge is 0.234 e.